The van der Waals surface area contributed by atoms with E-state index in [9.17, 15) is 9.59 Å². The van der Waals surface area contributed by atoms with E-state index in [2.05, 4.69) is 5.32 Å². The first kappa shape index (κ1) is 20.2. The van der Waals surface area contributed by atoms with Gasteiger partial charge in [-0.25, -0.2) is 4.68 Å². The zero-order valence-electron chi connectivity index (χ0n) is 17.0. The number of nitrogens with zero attached hydrogens (tertiary/aromatic N) is 3. The normalized spacial score (nSPS) is 17.8. The highest BCUT2D eigenvalue weighted by molar-refractivity contribution is 7.98. The number of halogens is 1. The fourth-order valence-corrected chi connectivity index (χ4v) is 5.23. The summed E-state index contributed by atoms with van der Waals surface area (Å²) in [5.74, 6) is 1.67. The maximum absolute atomic E-state index is 13.2. The molecule has 0 bridgehead atoms. The number of fused-ring (bicyclic) bond motifs is 1. The van der Waals surface area contributed by atoms with Crippen LogP contribution < -0.4 is 10.2 Å². The molecule has 6 nitrogen and oxygen atoms in total. The molecule has 2 amide bonds. The minimum Gasteiger partial charge on any atom is -0.312 e. The number of amides is 2. The summed E-state index contributed by atoms with van der Waals surface area (Å²) in [6.07, 6.45) is 0.196. The van der Waals surface area contributed by atoms with Crippen molar-refractivity contribution in [2.75, 3.05) is 16.8 Å². The highest BCUT2D eigenvalue weighted by Gasteiger charge is 2.36. The number of rotatable bonds is 4. The van der Waals surface area contributed by atoms with E-state index in [0.29, 0.717) is 17.4 Å². The molecular formula is C23H21ClN4O2S. The Kier molecular flexibility index (Phi) is 5.24. The summed E-state index contributed by atoms with van der Waals surface area (Å²) in [5, 5.41) is 8.40. The van der Waals surface area contributed by atoms with Crippen LogP contribution in [0.4, 0.5) is 11.5 Å². The van der Waals surface area contributed by atoms with Crippen LogP contribution in [0.1, 0.15) is 23.2 Å². The quantitative estimate of drug-likeness (QED) is 0.629. The largest absolute Gasteiger partial charge is 0.312 e. The predicted octanol–water partition coefficient (Wildman–Crippen LogP) is 4.57. The molecule has 158 valence electrons. The van der Waals surface area contributed by atoms with Gasteiger partial charge in [-0.3, -0.25) is 9.59 Å². The van der Waals surface area contributed by atoms with Gasteiger partial charge >= 0.3 is 0 Å². The first-order valence-corrected chi connectivity index (χ1v) is 11.7. The first-order valence-electron chi connectivity index (χ1n) is 10.1. The van der Waals surface area contributed by atoms with Crippen LogP contribution in [-0.4, -0.2) is 28.1 Å². The number of benzene rings is 2. The number of anilines is 2. The van der Waals surface area contributed by atoms with Gasteiger partial charge < -0.3 is 10.2 Å². The molecule has 5 rings (SSSR count). The van der Waals surface area contributed by atoms with Crippen molar-refractivity contribution in [2.24, 2.45) is 5.92 Å². The van der Waals surface area contributed by atoms with Crippen molar-refractivity contribution in [1.82, 2.24) is 9.78 Å². The average molecular weight is 453 g/mol. The third-order valence-corrected chi connectivity index (χ3v) is 6.89. The Labute approximate surface area is 189 Å². The molecule has 3 heterocycles. The van der Waals surface area contributed by atoms with Crippen LogP contribution in [0.5, 0.6) is 0 Å². The van der Waals surface area contributed by atoms with Crippen LogP contribution in [0.25, 0.3) is 5.69 Å². The Hall–Kier alpha value is -2.77. The van der Waals surface area contributed by atoms with Gasteiger partial charge in [0.1, 0.15) is 5.82 Å². The van der Waals surface area contributed by atoms with Crippen molar-refractivity contribution < 1.29 is 9.59 Å². The fraction of sp³-hybridized carbons (Fsp3) is 0.261. The van der Waals surface area contributed by atoms with E-state index in [0.717, 1.165) is 39.7 Å². The molecule has 1 N–H and O–H groups in total. The van der Waals surface area contributed by atoms with Gasteiger partial charge in [-0.05, 0) is 37.3 Å². The van der Waals surface area contributed by atoms with Crippen molar-refractivity contribution in [3.05, 3.63) is 70.4 Å². The van der Waals surface area contributed by atoms with Crippen molar-refractivity contribution in [3.8, 4) is 5.69 Å². The van der Waals surface area contributed by atoms with E-state index < -0.39 is 5.92 Å². The second-order valence-corrected chi connectivity index (χ2v) is 9.31. The Bertz CT molecular complexity index is 1170. The minimum atomic E-state index is -0.416. The molecular weight excluding hydrogens is 432 g/mol. The number of thioether (sulfide) groups is 1. The van der Waals surface area contributed by atoms with Crippen LogP contribution >= 0.6 is 23.4 Å². The first-order chi connectivity index (χ1) is 15.0. The zero-order chi connectivity index (χ0) is 21.5. The second kappa shape index (κ2) is 8.05. The standard InChI is InChI=1S/C23H21ClN4O2S/c1-14-5-7-17(8-6-14)27-11-15(9-21(27)29)23(30)25-22-19-12-31-13-20(19)26-28(22)18-4-2-3-16(24)10-18/h2-8,10,15H,9,11-13H2,1H3,(H,25,30). The van der Waals surface area contributed by atoms with Crippen molar-refractivity contribution in [3.63, 3.8) is 0 Å². The van der Waals surface area contributed by atoms with Crippen LogP contribution in [0.2, 0.25) is 5.02 Å². The summed E-state index contributed by atoms with van der Waals surface area (Å²) in [5.41, 5.74) is 4.77. The maximum Gasteiger partial charge on any atom is 0.230 e. The summed E-state index contributed by atoms with van der Waals surface area (Å²) >= 11 is 7.95. The molecule has 1 aromatic heterocycles. The third-order valence-electron chi connectivity index (χ3n) is 5.69. The molecule has 3 aromatic rings. The molecule has 0 saturated carbocycles. The highest BCUT2D eigenvalue weighted by atomic mass is 35.5. The molecule has 8 heteroatoms. The fourth-order valence-electron chi connectivity index (χ4n) is 4.01. The number of carbonyl (C=O) groups is 2. The lowest BCUT2D eigenvalue weighted by Gasteiger charge is -2.17. The van der Waals surface area contributed by atoms with Crippen LogP contribution in [0, 0.1) is 12.8 Å². The lowest BCUT2D eigenvalue weighted by Crippen LogP contribution is -2.28. The van der Waals surface area contributed by atoms with Gasteiger partial charge in [0.2, 0.25) is 11.8 Å². The van der Waals surface area contributed by atoms with Gasteiger partial charge in [0.05, 0.1) is 17.3 Å². The number of hydrogen-bond donors (Lipinski definition) is 1. The van der Waals surface area contributed by atoms with Crippen LogP contribution in [0.15, 0.2) is 48.5 Å². The Balaban J connectivity index is 1.40. The van der Waals surface area contributed by atoms with Gasteiger partial charge in [0.15, 0.2) is 0 Å². The summed E-state index contributed by atoms with van der Waals surface area (Å²) in [4.78, 5) is 27.5. The van der Waals surface area contributed by atoms with Gasteiger partial charge in [0.25, 0.3) is 0 Å². The van der Waals surface area contributed by atoms with E-state index in [1.165, 1.54) is 0 Å². The smallest absolute Gasteiger partial charge is 0.230 e. The van der Waals surface area contributed by atoms with E-state index in [4.69, 9.17) is 16.7 Å². The minimum absolute atomic E-state index is 0.0341. The van der Waals surface area contributed by atoms with Gasteiger partial charge in [-0.2, -0.15) is 16.9 Å². The molecule has 31 heavy (non-hydrogen) atoms. The molecule has 0 spiro atoms. The predicted molar refractivity (Wildman–Crippen MR) is 124 cm³/mol. The van der Waals surface area contributed by atoms with Crippen molar-refractivity contribution in [1.29, 1.82) is 0 Å². The molecule has 1 unspecified atom stereocenters. The van der Waals surface area contributed by atoms with E-state index in [1.807, 2.05) is 49.4 Å². The van der Waals surface area contributed by atoms with Crippen LogP contribution in [-0.2, 0) is 21.1 Å². The van der Waals surface area contributed by atoms with E-state index in [1.54, 1.807) is 27.4 Å². The molecule has 0 aliphatic carbocycles. The summed E-state index contributed by atoms with van der Waals surface area (Å²) in [6.45, 7) is 2.38. The third kappa shape index (κ3) is 3.83. The molecule has 2 aliphatic rings. The summed E-state index contributed by atoms with van der Waals surface area (Å²) in [6, 6.07) is 15.2. The maximum atomic E-state index is 13.2. The Morgan fingerprint density at radius 3 is 2.74 bits per heavy atom. The number of aromatic nitrogens is 2. The average Bonchev–Trinajstić information content (AvgIpc) is 3.44. The SMILES string of the molecule is Cc1ccc(N2CC(C(=O)Nc3c4c(nn3-c3cccc(Cl)c3)CSC4)CC2=O)cc1. The Morgan fingerprint density at radius 2 is 1.97 bits per heavy atom. The zero-order valence-corrected chi connectivity index (χ0v) is 18.5. The number of aryl methyl sites for hydroxylation is 1. The number of nitrogens with one attached hydrogen (secondary N) is 1. The van der Waals surface area contributed by atoms with Crippen molar-refractivity contribution >= 4 is 46.7 Å². The monoisotopic (exact) mass is 452 g/mol. The molecule has 1 fully saturated rings. The summed E-state index contributed by atoms with van der Waals surface area (Å²) < 4.78 is 1.75. The van der Waals surface area contributed by atoms with Gasteiger partial charge in [-0.1, -0.05) is 35.4 Å². The highest BCUT2D eigenvalue weighted by Crippen LogP contribution is 2.37. The van der Waals surface area contributed by atoms with Gasteiger partial charge in [0, 0.05) is 40.7 Å². The molecule has 0 radical (unpaired) electrons. The van der Waals surface area contributed by atoms with E-state index in [-0.39, 0.29) is 18.2 Å². The summed E-state index contributed by atoms with van der Waals surface area (Å²) in [7, 11) is 0. The van der Waals surface area contributed by atoms with Gasteiger partial charge in [-0.15, -0.1) is 0 Å². The molecule has 1 saturated heterocycles. The molecule has 1 atom stereocenters. The van der Waals surface area contributed by atoms with Crippen molar-refractivity contribution in [2.45, 2.75) is 24.9 Å². The molecule has 2 aromatic carbocycles. The topological polar surface area (TPSA) is 67.2 Å². The Morgan fingerprint density at radius 1 is 1.16 bits per heavy atom. The second-order valence-electron chi connectivity index (χ2n) is 7.89. The number of carbonyl (C=O) groups excluding carboxylic acids is 2. The lowest BCUT2D eigenvalue weighted by molar-refractivity contribution is -0.122. The van der Waals surface area contributed by atoms with E-state index >= 15 is 0 Å². The molecule has 2 aliphatic heterocycles. The number of hydrogen-bond acceptors (Lipinski definition) is 4. The lowest BCUT2D eigenvalue weighted by atomic mass is 10.1. The van der Waals surface area contributed by atoms with Crippen LogP contribution in [0.3, 0.4) is 0 Å².